The van der Waals surface area contributed by atoms with Crippen molar-refractivity contribution in [3.8, 4) is 11.5 Å². The zero-order valence-electron chi connectivity index (χ0n) is 12.9. The third kappa shape index (κ3) is 4.73. The Morgan fingerprint density at radius 1 is 1.38 bits per heavy atom. The van der Waals surface area contributed by atoms with E-state index in [4.69, 9.17) is 4.74 Å². The molecule has 0 saturated carbocycles. The lowest BCUT2D eigenvalue weighted by atomic mass is 10.2. The fourth-order valence-electron chi connectivity index (χ4n) is 1.68. The van der Waals surface area contributed by atoms with Crippen molar-refractivity contribution >= 4 is 12.2 Å². The zero-order valence-corrected chi connectivity index (χ0v) is 12.9. The van der Waals surface area contributed by atoms with E-state index in [1.165, 1.54) is 31.3 Å². The van der Waals surface area contributed by atoms with Gasteiger partial charge in [-0.1, -0.05) is 0 Å². The summed E-state index contributed by atoms with van der Waals surface area (Å²) in [6.45, 7) is 0.596. The van der Waals surface area contributed by atoms with Crippen LogP contribution in [0.2, 0.25) is 0 Å². The highest BCUT2D eigenvalue weighted by Crippen LogP contribution is 2.29. The first-order valence-electron chi connectivity index (χ1n) is 6.94. The molecule has 0 atom stereocenters. The van der Waals surface area contributed by atoms with Gasteiger partial charge in [0.05, 0.1) is 12.8 Å². The number of H-pyrrole nitrogens is 1. The van der Waals surface area contributed by atoms with Crippen LogP contribution in [0.1, 0.15) is 18.2 Å². The molecule has 2 aromatic rings. The van der Waals surface area contributed by atoms with Crippen molar-refractivity contribution in [2.75, 3.05) is 12.0 Å². The number of hydrogen-bond acceptors (Lipinski definition) is 7. The Hall–Kier alpha value is -3.04. The number of benzene rings is 1. The summed E-state index contributed by atoms with van der Waals surface area (Å²) in [6, 6.07) is 4.37. The van der Waals surface area contributed by atoms with E-state index in [-0.39, 0.29) is 28.7 Å². The van der Waals surface area contributed by atoms with E-state index >= 15 is 0 Å². The number of anilines is 1. The molecule has 0 bridgehead atoms. The monoisotopic (exact) mass is 339 g/mol. The van der Waals surface area contributed by atoms with Crippen molar-refractivity contribution in [3.63, 3.8) is 0 Å². The average Bonchev–Trinajstić information content (AvgIpc) is 2.53. The third-order valence-electron chi connectivity index (χ3n) is 2.73. The molecular weight excluding hydrogens is 324 g/mol. The first kappa shape index (κ1) is 17.3. The Balaban J connectivity index is 2.12. The molecule has 1 aromatic heterocycles. The van der Waals surface area contributed by atoms with Gasteiger partial charge in [0.25, 0.3) is 5.56 Å². The van der Waals surface area contributed by atoms with Crippen LogP contribution in [0.15, 0.2) is 28.1 Å². The van der Waals surface area contributed by atoms with Crippen molar-refractivity contribution in [1.82, 2.24) is 15.2 Å². The highest BCUT2D eigenvalue weighted by Gasteiger charge is 2.11. The van der Waals surface area contributed by atoms with E-state index in [1.54, 1.807) is 6.92 Å². The molecule has 24 heavy (non-hydrogen) atoms. The maximum Gasteiger partial charge on any atom is 0.387 e. The summed E-state index contributed by atoms with van der Waals surface area (Å²) in [6.07, 6.45) is 1.40. The molecule has 0 amide bonds. The third-order valence-corrected chi connectivity index (χ3v) is 2.73. The minimum Gasteiger partial charge on any atom is -0.490 e. The van der Waals surface area contributed by atoms with Crippen molar-refractivity contribution in [1.29, 1.82) is 0 Å². The quantitative estimate of drug-likeness (QED) is 0.590. The fraction of sp³-hybridized carbons (Fsp3) is 0.286. The van der Waals surface area contributed by atoms with Gasteiger partial charge in [-0.2, -0.15) is 13.9 Å². The highest BCUT2D eigenvalue weighted by molar-refractivity contribution is 5.81. The van der Waals surface area contributed by atoms with E-state index in [1.807, 2.05) is 0 Å². The lowest BCUT2D eigenvalue weighted by Gasteiger charge is -2.11. The number of hydrazone groups is 1. The summed E-state index contributed by atoms with van der Waals surface area (Å²) in [5.41, 5.74) is 2.93. The van der Waals surface area contributed by atoms with Crippen molar-refractivity contribution < 1.29 is 18.3 Å². The molecule has 0 radical (unpaired) electrons. The van der Waals surface area contributed by atoms with Gasteiger partial charge in [0, 0.05) is 0 Å². The smallest absolute Gasteiger partial charge is 0.387 e. The van der Waals surface area contributed by atoms with E-state index in [0.717, 1.165) is 0 Å². The Labute approximate surface area is 135 Å². The molecule has 1 heterocycles. The molecule has 0 aliphatic heterocycles. The van der Waals surface area contributed by atoms with Crippen molar-refractivity contribution in [3.05, 3.63) is 39.8 Å². The predicted molar refractivity (Wildman–Crippen MR) is 82.8 cm³/mol. The maximum atomic E-state index is 12.3. The van der Waals surface area contributed by atoms with Gasteiger partial charge in [0.2, 0.25) is 5.95 Å². The lowest BCUT2D eigenvalue weighted by molar-refractivity contribution is -0.0514. The van der Waals surface area contributed by atoms with Gasteiger partial charge >= 0.3 is 6.61 Å². The number of rotatable bonds is 7. The van der Waals surface area contributed by atoms with Gasteiger partial charge in [-0.05, 0) is 37.6 Å². The molecule has 2 N–H and O–H groups in total. The summed E-state index contributed by atoms with van der Waals surface area (Å²) in [4.78, 5) is 13.8. The molecule has 2 rings (SSSR count). The van der Waals surface area contributed by atoms with Gasteiger partial charge in [0.1, 0.15) is 5.69 Å². The minimum atomic E-state index is -2.94. The number of alkyl halides is 2. The van der Waals surface area contributed by atoms with E-state index in [0.29, 0.717) is 12.2 Å². The van der Waals surface area contributed by atoms with Gasteiger partial charge in [-0.15, -0.1) is 10.2 Å². The summed E-state index contributed by atoms with van der Waals surface area (Å²) >= 11 is 0. The van der Waals surface area contributed by atoms with Crippen LogP contribution in [-0.4, -0.2) is 34.6 Å². The van der Waals surface area contributed by atoms with Crippen LogP contribution >= 0.6 is 0 Å². The number of nitrogens with zero attached hydrogens (tertiary/aromatic N) is 3. The summed E-state index contributed by atoms with van der Waals surface area (Å²) in [5.74, 6) is 0.181. The van der Waals surface area contributed by atoms with Crippen molar-refractivity contribution in [2.24, 2.45) is 5.10 Å². The topological polar surface area (TPSA) is 101 Å². The molecule has 128 valence electrons. The Morgan fingerprint density at radius 2 is 2.17 bits per heavy atom. The minimum absolute atomic E-state index is 0.0642. The van der Waals surface area contributed by atoms with Crippen LogP contribution in [0.25, 0.3) is 0 Å². The van der Waals surface area contributed by atoms with E-state index in [2.05, 4.69) is 30.4 Å². The molecule has 0 unspecified atom stereocenters. The molecule has 0 spiro atoms. The molecule has 0 fully saturated rings. The maximum absolute atomic E-state index is 12.3. The Kier molecular flexibility index (Phi) is 5.77. The number of halogens is 2. The Bertz CT molecular complexity index is 779. The van der Waals surface area contributed by atoms with Gasteiger partial charge < -0.3 is 9.47 Å². The Morgan fingerprint density at radius 3 is 2.83 bits per heavy atom. The molecule has 8 nitrogen and oxygen atoms in total. The van der Waals surface area contributed by atoms with Crippen LogP contribution < -0.4 is 20.5 Å². The van der Waals surface area contributed by atoms with Crippen LogP contribution in [0, 0.1) is 6.92 Å². The summed E-state index contributed by atoms with van der Waals surface area (Å²) in [5, 5.41) is 11.2. The van der Waals surface area contributed by atoms with Crippen molar-refractivity contribution in [2.45, 2.75) is 20.5 Å². The van der Waals surface area contributed by atoms with Gasteiger partial charge in [-0.3, -0.25) is 9.78 Å². The van der Waals surface area contributed by atoms with Crippen LogP contribution in [0.4, 0.5) is 14.7 Å². The fourth-order valence-corrected chi connectivity index (χ4v) is 1.68. The summed E-state index contributed by atoms with van der Waals surface area (Å²) in [7, 11) is 0. The number of hydrogen-bond donors (Lipinski definition) is 2. The second-order valence-corrected chi connectivity index (χ2v) is 4.48. The van der Waals surface area contributed by atoms with Gasteiger partial charge in [0.15, 0.2) is 11.5 Å². The highest BCUT2D eigenvalue weighted by atomic mass is 19.3. The second kappa shape index (κ2) is 7.99. The van der Waals surface area contributed by atoms with E-state index < -0.39 is 6.61 Å². The van der Waals surface area contributed by atoms with Crippen LogP contribution in [-0.2, 0) is 0 Å². The first-order chi connectivity index (χ1) is 11.5. The summed E-state index contributed by atoms with van der Waals surface area (Å²) < 4.78 is 34.3. The zero-order chi connectivity index (χ0) is 17.5. The number of aromatic nitrogens is 3. The largest absolute Gasteiger partial charge is 0.490 e. The first-order valence-corrected chi connectivity index (χ1v) is 6.94. The number of ether oxygens (including phenoxy) is 2. The molecule has 0 saturated heterocycles. The standard InChI is InChI=1S/C14H15F2N5O3/c1-3-23-11-6-9(4-5-10(11)24-13(15)16)7-17-20-14-18-12(22)8(2)19-21-14/h4-7,13H,3H2,1-2H3,(H2,18,20,21,22)/b17-7-. The number of aryl methyl sites for hydroxylation is 1. The number of nitrogens with one attached hydrogen (secondary N) is 2. The molecule has 10 heteroatoms. The molecular formula is C14H15F2N5O3. The molecule has 0 aliphatic carbocycles. The van der Waals surface area contributed by atoms with E-state index in [9.17, 15) is 13.6 Å². The van der Waals surface area contributed by atoms with Crippen LogP contribution in [0.3, 0.4) is 0 Å². The average molecular weight is 339 g/mol. The SMILES string of the molecule is CCOc1cc(/C=N\Nc2nnc(C)c(=O)[nH]2)ccc1OC(F)F. The normalized spacial score (nSPS) is 11.0. The van der Waals surface area contributed by atoms with Gasteiger partial charge in [-0.25, -0.2) is 5.43 Å². The number of aromatic amines is 1. The molecule has 0 aliphatic rings. The molecule has 1 aromatic carbocycles. The predicted octanol–water partition coefficient (Wildman–Crippen LogP) is 1.92. The second-order valence-electron chi connectivity index (χ2n) is 4.48. The van der Waals surface area contributed by atoms with Crippen LogP contribution in [0.5, 0.6) is 11.5 Å². The lowest BCUT2D eigenvalue weighted by Crippen LogP contribution is -2.15.